The molecule has 2 heterocycles. The zero-order chi connectivity index (χ0) is 25.3. The molecule has 188 valence electrons. The molecule has 1 unspecified atom stereocenters. The van der Waals surface area contributed by atoms with Crippen LogP contribution in [0.15, 0.2) is 18.2 Å². The maximum absolute atomic E-state index is 14.6. The highest BCUT2D eigenvalue weighted by molar-refractivity contribution is 6.61. The minimum Gasteiger partial charge on any atom is -0.465 e. The third-order valence-corrected chi connectivity index (χ3v) is 5.00. The van der Waals surface area contributed by atoms with Crippen LogP contribution in [0.2, 0.25) is 0 Å². The van der Waals surface area contributed by atoms with Gasteiger partial charge in [-0.2, -0.15) is 0 Å². The maximum Gasteiger partial charge on any atom is 0.414 e. The zero-order valence-corrected chi connectivity index (χ0v) is 19.2. The first kappa shape index (κ1) is 26.9. The second kappa shape index (κ2) is 12.8. The zero-order valence-electron chi connectivity index (χ0n) is 18.4. The van der Waals surface area contributed by atoms with Crippen LogP contribution in [0.3, 0.4) is 0 Å². The molecule has 3 N–H and O–H groups in total. The van der Waals surface area contributed by atoms with Crippen LogP contribution in [0, 0.1) is 5.82 Å². The van der Waals surface area contributed by atoms with Crippen molar-refractivity contribution >= 4 is 46.5 Å². The van der Waals surface area contributed by atoms with Crippen molar-refractivity contribution in [1.29, 1.82) is 0 Å². The van der Waals surface area contributed by atoms with Crippen molar-refractivity contribution in [3.63, 3.8) is 0 Å². The van der Waals surface area contributed by atoms with Crippen molar-refractivity contribution < 1.29 is 43.3 Å². The average Bonchev–Trinajstić information content (AvgIpc) is 3.17. The quantitative estimate of drug-likeness (QED) is 0.489. The van der Waals surface area contributed by atoms with Gasteiger partial charge >= 0.3 is 17.6 Å². The van der Waals surface area contributed by atoms with Crippen LogP contribution in [0.1, 0.15) is 6.92 Å². The lowest BCUT2D eigenvalue weighted by Gasteiger charge is -2.34. The maximum atomic E-state index is 14.6. The van der Waals surface area contributed by atoms with Gasteiger partial charge < -0.3 is 34.8 Å². The number of hydrogen-bond acceptors (Lipinski definition) is 8. The van der Waals surface area contributed by atoms with Gasteiger partial charge in [-0.05, 0) is 18.2 Å². The van der Waals surface area contributed by atoms with E-state index < -0.39 is 29.5 Å². The summed E-state index contributed by atoms with van der Waals surface area (Å²) in [4.78, 5) is 48.0. The summed E-state index contributed by atoms with van der Waals surface area (Å²) >= 11 is 4.68. The molecule has 2 fully saturated rings. The number of aliphatic hydroxyl groups is 1. The number of ether oxygens (including phenoxy) is 2. The van der Waals surface area contributed by atoms with E-state index in [2.05, 4.69) is 21.7 Å². The molecule has 0 bridgehead atoms. The highest BCUT2D eigenvalue weighted by Gasteiger charge is 2.33. The number of carbonyl (C=O) groups is 4. The summed E-state index contributed by atoms with van der Waals surface area (Å²) in [6.07, 6.45) is -2.06. The first-order chi connectivity index (χ1) is 16.1. The number of rotatable bonds is 6. The summed E-state index contributed by atoms with van der Waals surface area (Å²) in [5.74, 6) is -0.711. The van der Waals surface area contributed by atoms with E-state index in [1.807, 2.05) is 0 Å². The normalized spacial score (nSPS) is 17.5. The van der Waals surface area contributed by atoms with Gasteiger partial charge in [-0.1, -0.05) is 0 Å². The summed E-state index contributed by atoms with van der Waals surface area (Å²) in [7, 11) is 0. The number of anilines is 2. The van der Waals surface area contributed by atoms with Gasteiger partial charge in [0.25, 0.3) is 0 Å². The van der Waals surface area contributed by atoms with Crippen LogP contribution in [0.5, 0.6) is 0 Å². The fourth-order valence-electron chi connectivity index (χ4n) is 3.28. The summed E-state index contributed by atoms with van der Waals surface area (Å²) in [5, 5.41) is 19.5. The van der Waals surface area contributed by atoms with Crippen molar-refractivity contribution in [3.8, 4) is 0 Å². The molecule has 3 amide bonds. The molecule has 1 atom stereocenters. The molecule has 0 spiro atoms. The SMILES string of the molecule is CC(=O)NCC1CN(c2ccc(N3CCN(C(=O)O)CC3)c(F)c2)C(=O)O1.O=C(Cl)OCCO. The Morgan fingerprint density at radius 3 is 2.44 bits per heavy atom. The second-order valence-corrected chi connectivity index (χ2v) is 7.56. The lowest BCUT2D eigenvalue weighted by atomic mass is 10.2. The van der Waals surface area contributed by atoms with E-state index in [0.717, 1.165) is 0 Å². The van der Waals surface area contributed by atoms with Gasteiger partial charge in [0, 0.05) is 44.7 Å². The van der Waals surface area contributed by atoms with E-state index in [4.69, 9.17) is 14.9 Å². The Kier molecular flexibility index (Phi) is 10.1. The van der Waals surface area contributed by atoms with E-state index in [-0.39, 0.29) is 32.2 Å². The Bertz CT molecular complexity index is 897. The highest BCUT2D eigenvalue weighted by atomic mass is 35.5. The molecule has 1 aromatic carbocycles. The minimum absolute atomic E-state index is 0.0255. The van der Waals surface area contributed by atoms with Gasteiger partial charge in [-0.15, -0.1) is 0 Å². The Labute approximate surface area is 199 Å². The van der Waals surface area contributed by atoms with Crippen molar-refractivity contribution in [1.82, 2.24) is 10.2 Å². The van der Waals surface area contributed by atoms with Gasteiger partial charge in [0.2, 0.25) is 5.91 Å². The molecule has 34 heavy (non-hydrogen) atoms. The molecule has 0 aliphatic carbocycles. The Morgan fingerprint density at radius 1 is 1.26 bits per heavy atom. The van der Waals surface area contributed by atoms with Crippen LogP contribution < -0.4 is 15.1 Å². The van der Waals surface area contributed by atoms with Crippen molar-refractivity contribution in [2.45, 2.75) is 13.0 Å². The number of carbonyl (C=O) groups excluding carboxylic acids is 3. The Hall–Kier alpha value is -3.32. The summed E-state index contributed by atoms with van der Waals surface area (Å²) in [5.41, 5.74) is -0.143. The van der Waals surface area contributed by atoms with Gasteiger partial charge in [0.05, 0.1) is 31.1 Å². The number of hydrogen-bond donors (Lipinski definition) is 3. The molecule has 0 saturated carbocycles. The lowest BCUT2D eigenvalue weighted by molar-refractivity contribution is -0.119. The fourth-order valence-corrected chi connectivity index (χ4v) is 3.36. The van der Waals surface area contributed by atoms with E-state index in [1.165, 1.54) is 22.8 Å². The molecule has 1 aromatic rings. The third kappa shape index (κ3) is 7.92. The van der Waals surface area contributed by atoms with Crippen LogP contribution in [0.25, 0.3) is 0 Å². The number of aliphatic hydroxyl groups excluding tert-OH is 1. The van der Waals surface area contributed by atoms with Crippen molar-refractivity contribution in [2.75, 3.05) is 62.3 Å². The molecule has 12 nitrogen and oxygen atoms in total. The largest absolute Gasteiger partial charge is 0.465 e. The number of benzene rings is 1. The summed E-state index contributed by atoms with van der Waals surface area (Å²) < 4.78 is 23.9. The summed E-state index contributed by atoms with van der Waals surface area (Å²) in [6, 6.07) is 4.47. The molecule has 2 saturated heterocycles. The van der Waals surface area contributed by atoms with Gasteiger partial charge in [0.1, 0.15) is 18.5 Å². The van der Waals surface area contributed by atoms with Gasteiger partial charge in [0.15, 0.2) is 0 Å². The Balaban J connectivity index is 0.000000509. The topological polar surface area (TPSA) is 149 Å². The van der Waals surface area contributed by atoms with Crippen LogP contribution in [0.4, 0.5) is 30.1 Å². The highest BCUT2D eigenvalue weighted by Crippen LogP contribution is 2.28. The molecule has 0 aromatic heterocycles. The van der Waals surface area contributed by atoms with Crippen molar-refractivity contribution in [2.24, 2.45) is 0 Å². The molecular formula is C20H26ClFN4O8. The first-order valence-corrected chi connectivity index (χ1v) is 10.7. The second-order valence-electron chi connectivity index (χ2n) is 7.26. The number of carboxylic acid groups (broad SMARTS) is 1. The molecule has 0 radical (unpaired) electrons. The number of halogens is 2. The van der Waals surface area contributed by atoms with E-state index in [9.17, 15) is 23.6 Å². The monoisotopic (exact) mass is 504 g/mol. The predicted molar refractivity (Wildman–Crippen MR) is 119 cm³/mol. The summed E-state index contributed by atoms with van der Waals surface area (Å²) in [6.45, 7) is 2.99. The van der Waals surface area contributed by atoms with Crippen LogP contribution in [-0.4, -0.2) is 97.2 Å². The van der Waals surface area contributed by atoms with Crippen LogP contribution in [-0.2, 0) is 14.3 Å². The molecular weight excluding hydrogens is 479 g/mol. The molecule has 2 aliphatic heterocycles. The predicted octanol–water partition coefficient (Wildman–Crippen LogP) is 1.44. The number of piperazine rings is 1. The minimum atomic E-state index is -0.980. The average molecular weight is 505 g/mol. The third-order valence-electron chi connectivity index (χ3n) is 4.89. The van der Waals surface area contributed by atoms with Crippen molar-refractivity contribution in [3.05, 3.63) is 24.0 Å². The van der Waals surface area contributed by atoms with Gasteiger partial charge in [-0.3, -0.25) is 9.69 Å². The molecule has 14 heteroatoms. The first-order valence-electron chi connectivity index (χ1n) is 10.3. The number of cyclic esters (lactones) is 1. The van der Waals surface area contributed by atoms with Gasteiger partial charge in [-0.25, -0.2) is 18.8 Å². The lowest BCUT2D eigenvalue weighted by Crippen LogP contribution is -2.48. The van der Waals surface area contributed by atoms with E-state index in [1.54, 1.807) is 17.0 Å². The van der Waals surface area contributed by atoms with Crippen LogP contribution >= 0.6 is 11.6 Å². The standard InChI is InChI=1S/C17H21FN4O5.C3H5ClO3/c1-11(23)19-9-13-10-22(17(26)27-13)12-2-3-15(14(18)8-12)20-4-6-21(7-5-20)16(24)25;4-3(6)7-2-1-5/h2-3,8,13H,4-7,9-10H2,1H3,(H,19,23)(H,24,25);5H,1-2H2. The van der Waals surface area contributed by atoms with E-state index >= 15 is 0 Å². The Morgan fingerprint density at radius 2 is 1.94 bits per heavy atom. The number of nitrogens with zero attached hydrogens (tertiary/aromatic N) is 3. The number of amides is 3. The fraction of sp³-hybridized carbons (Fsp3) is 0.500. The molecule has 2 aliphatic rings. The van der Waals surface area contributed by atoms with E-state index in [0.29, 0.717) is 37.6 Å². The molecule has 3 rings (SSSR count). The number of nitrogens with one attached hydrogen (secondary N) is 1. The smallest absolute Gasteiger partial charge is 0.414 e.